The molecule has 8 heteroatoms. The quantitative estimate of drug-likeness (QED) is 0.520. The molecule has 3 heterocycles. The van der Waals surface area contributed by atoms with E-state index in [1.54, 1.807) is 0 Å². The zero-order chi connectivity index (χ0) is 19.7. The van der Waals surface area contributed by atoms with Crippen LogP contribution in [-0.4, -0.2) is 44.5 Å². The maximum absolute atomic E-state index is 5.84. The third-order valence-electron chi connectivity index (χ3n) is 4.73. The molecule has 2 aromatic heterocycles. The Morgan fingerprint density at radius 3 is 2.46 bits per heavy atom. The van der Waals surface area contributed by atoms with Crippen molar-refractivity contribution in [2.45, 2.75) is 39.3 Å². The summed E-state index contributed by atoms with van der Waals surface area (Å²) in [5, 5.41) is 4.81. The van der Waals surface area contributed by atoms with Crippen molar-refractivity contribution < 1.29 is 9.15 Å². The van der Waals surface area contributed by atoms with Gasteiger partial charge in [-0.1, -0.05) is 30.3 Å². The highest BCUT2D eigenvalue weighted by atomic mass is 79.9. The molecule has 28 heavy (non-hydrogen) atoms. The second-order valence-electron chi connectivity index (χ2n) is 7.22. The number of ether oxygens (including phenoxy) is 1. The van der Waals surface area contributed by atoms with Gasteiger partial charge in [0.25, 0.3) is 0 Å². The lowest BCUT2D eigenvalue weighted by molar-refractivity contribution is -0.0777. The first-order valence-corrected chi connectivity index (χ1v) is 10.5. The van der Waals surface area contributed by atoms with Gasteiger partial charge in [0.05, 0.1) is 25.4 Å². The summed E-state index contributed by atoms with van der Waals surface area (Å²) in [5.74, 6) is 1.42. The van der Waals surface area contributed by atoms with Crippen LogP contribution in [0.5, 0.6) is 0 Å². The molecular formula is C20H23BrN4O2S. The maximum Gasteiger partial charge on any atom is 0.199 e. The Hall–Kier alpha value is -1.74. The molecule has 0 spiro atoms. The van der Waals surface area contributed by atoms with Crippen molar-refractivity contribution in [3.63, 3.8) is 0 Å². The fraction of sp³-hybridized carbons (Fsp3) is 0.400. The first-order valence-electron chi connectivity index (χ1n) is 9.34. The number of hydrogen-bond donors (Lipinski definition) is 0. The van der Waals surface area contributed by atoms with E-state index < -0.39 is 0 Å². The predicted octanol–water partition coefficient (Wildman–Crippen LogP) is 4.55. The lowest BCUT2D eigenvalue weighted by Crippen LogP contribution is -2.46. The molecule has 3 aromatic rings. The lowest BCUT2D eigenvalue weighted by Gasteiger charge is -2.34. The molecule has 1 aliphatic rings. The van der Waals surface area contributed by atoms with Crippen molar-refractivity contribution in [2.75, 3.05) is 13.1 Å². The third kappa shape index (κ3) is 4.30. The first kappa shape index (κ1) is 19.6. The van der Waals surface area contributed by atoms with E-state index in [2.05, 4.69) is 46.8 Å². The van der Waals surface area contributed by atoms with Crippen LogP contribution in [0.25, 0.3) is 11.6 Å². The Bertz CT molecular complexity index is 987. The molecule has 2 atom stereocenters. The standard InChI is InChI=1S/C20H23BrN4O2S/c1-14-10-23(11-15(2)26-14)13-25-20(28)24(12-16-6-4-3-5-7-16)19(22-25)17-8-9-18(21)27-17/h3-9,14-15H,10-13H2,1-2H3/t14-,15-/m0/s1. The summed E-state index contributed by atoms with van der Waals surface area (Å²) >= 11 is 9.18. The van der Waals surface area contributed by atoms with Gasteiger partial charge in [-0.2, -0.15) is 0 Å². The van der Waals surface area contributed by atoms with Gasteiger partial charge < -0.3 is 9.15 Å². The average Bonchev–Trinajstić information content (AvgIpc) is 3.20. The van der Waals surface area contributed by atoms with Gasteiger partial charge in [-0.05, 0) is 59.7 Å². The van der Waals surface area contributed by atoms with Gasteiger partial charge >= 0.3 is 0 Å². The first-order chi connectivity index (χ1) is 13.5. The Labute approximate surface area is 177 Å². The van der Waals surface area contributed by atoms with Crippen LogP contribution in [0.1, 0.15) is 19.4 Å². The van der Waals surface area contributed by atoms with Gasteiger partial charge in [0.15, 0.2) is 21.0 Å². The zero-order valence-corrected chi connectivity index (χ0v) is 18.3. The topological polar surface area (TPSA) is 48.4 Å². The number of furan rings is 1. The fourth-order valence-electron chi connectivity index (χ4n) is 3.65. The summed E-state index contributed by atoms with van der Waals surface area (Å²) < 4.78 is 16.9. The van der Waals surface area contributed by atoms with E-state index in [-0.39, 0.29) is 12.2 Å². The summed E-state index contributed by atoms with van der Waals surface area (Å²) in [6.45, 7) is 7.19. The van der Waals surface area contributed by atoms with E-state index in [1.165, 1.54) is 5.56 Å². The van der Waals surface area contributed by atoms with Crippen LogP contribution in [0.2, 0.25) is 0 Å². The summed E-state index contributed by atoms with van der Waals surface area (Å²) in [5.41, 5.74) is 1.17. The van der Waals surface area contributed by atoms with Crippen molar-refractivity contribution in [1.29, 1.82) is 0 Å². The van der Waals surface area contributed by atoms with Crippen LogP contribution in [0.4, 0.5) is 0 Å². The fourth-order valence-corrected chi connectivity index (χ4v) is 4.20. The average molecular weight is 463 g/mol. The molecule has 0 bridgehead atoms. The normalized spacial score (nSPS) is 20.5. The van der Waals surface area contributed by atoms with E-state index >= 15 is 0 Å². The highest BCUT2D eigenvalue weighted by molar-refractivity contribution is 9.10. The van der Waals surface area contributed by atoms with E-state index in [1.807, 2.05) is 39.6 Å². The Balaban J connectivity index is 1.68. The minimum absolute atomic E-state index is 0.199. The molecule has 148 valence electrons. The number of hydrogen-bond acceptors (Lipinski definition) is 5. The van der Waals surface area contributed by atoms with Crippen LogP contribution in [0.3, 0.4) is 0 Å². The van der Waals surface area contributed by atoms with Gasteiger partial charge in [-0.25, -0.2) is 4.68 Å². The summed E-state index contributed by atoms with van der Waals surface area (Å²) in [6, 6.07) is 14.0. The van der Waals surface area contributed by atoms with Crippen LogP contribution in [0.15, 0.2) is 51.6 Å². The van der Waals surface area contributed by atoms with Crippen LogP contribution < -0.4 is 0 Å². The van der Waals surface area contributed by atoms with Gasteiger partial charge in [0.1, 0.15) is 0 Å². The van der Waals surface area contributed by atoms with Crippen LogP contribution in [0, 0.1) is 4.77 Å². The molecule has 0 aliphatic carbocycles. The van der Waals surface area contributed by atoms with Crippen molar-refractivity contribution in [2.24, 2.45) is 0 Å². The monoisotopic (exact) mass is 462 g/mol. The number of morpholine rings is 1. The van der Waals surface area contributed by atoms with Gasteiger partial charge in [0, 0.05) is 13.1 Å². The van der Waals surface area contributed by atoms with Crippen molar-refractivity contribution >= 4 is 28.1 Å². The number of halogens is 1. The Morgan fingerprint density at radius 1 is 1.11 bits per heavy atom. The highest BCUT2D eigenvalue weighted by Gasteiger charge is 2.24. The lowest BCUT2D eigenvalue weighted by atomic mass is 10.2. The maximum atomic E-state index is 5.84. The molecule has 0 saturated carbocycles. The van der Waals surface area contributed by atoms with Crippen molar-refractivity contribution in [3.05, 3.63) is 57.5 Å². The molecule has 1 fully saturated rings. The number of benzene rings is 1. The molecular weight excluding hydrogens is 440 g/mol. The molecule has 1 aromatic carbocycles. The summed E-state index contributed by atoms with van der Waals surface area (Å²) in [7, 11) is 0. The van der Waals surface area contributed by atoms with E-state index in [0.29, 0.717) is 28.4 Å². The van der Waals surface area contributed by atoms with E-state index in [0.717, 1.165) is 18.9 Å². The minimum atomic E-state index is 0.199. The van der Waals surface area contributed by atoms with Crippen LogP contribution in [-0.2, 0) is 18.0 Å². The molecule has 0 radical (unpaired) electrons. The van der Waals surface area contributed by atoms with Gasteiger partial charge in [-0.3, -0.25) is 9.47 Å². The Morgan fingerprint density at radius 2 is 1.82 bits per heavy atom. The summed E-state index contributed by atoms with van der Waals surface area (Å²) in [4.78, 5) is 2.33. The Kier molecular flexibility index (Phi) is 5.82. The van der Waals surface area contributed by atoms with E-state index in [4.69, 9.17) is 26.5 Å². The largest absolute Gasteiger partial charge is 0.446 e. The van der Waals surface area contributed by atoms with E-state index in [9.17, 15) is 0 Å². The molecule has 4 rings (SSSR count). The summed E-state index contributed by atoms with van der Waals surface area (Å²) in [6.07, 6.45) is 0.398. The molecule has 0 amide bonds. The number of nitrogens with zero attached hydrogens (tertiary/aromatic N) is 4. The van der Waals surface area contributed by atoms with Gasteiger partial charge in [-0.15, -0.1) is 5.10 Å². The third-order valence-corrected chi connectivity index (χ3v) is 5.59. The smallest absolute Gasteiger partial charge is 0.199 e. The molecule has 1 saturated heterocycles. The second-order valence-corrected chi connectivity index (χ2v) is 8.36. The molecule has 0 unspecified atom stereocenters. The van der Waals surface area contributed by atoms with Crippen molar-refractivity contribution in [3.8, 4) is 11.6 Å². The minimum Gasteiger partial charge on any atom is -0.446 e. The van der Waals surface area contributed by atoms with Crippen molar-refractivity contribution in [1.82, 2.24) is 19.2 Å². The zero-order valence-electron chi connectivity index (χ0n) is 15.9. The molecule has 1 aliphatic heterocycles. The predicted molar refractivity (Wildman–Crippen MR) is 114 cm³/mol. The van der Waals surface area contributed by atoms with Gasteiger partial charge in [0.2, 0.25) is 0 Å². The number of rotatable bonds is 5. The molecule has 0 N–H and O–H groups in total. The number of aromatic nitrogens is 3. The second kappa shape index (κ2) is 8.32. The highest BCUT2D eigenvalue weighted by Crippen LogP contribution is 2.25. The SMILES string of the molecule is C[C@H]1CN(Cn2nc(-c3ccc(Br)o3)n(Cc3ccccc3)c2=S)C[C@H](C)O1. The molecule has 6 nitrogen and oxygen atoms in total. The van der Waals surface area contributed by atoms with Crippen LogP contribution >= 0.6 is 28.1 Å².